The van der Waals surface area contributed by atoms with Gasteiger partial charge in [-0.15, -0.1) is 0 Å². The molecule has 2 aromatic rings. The Morgan fingerprint density at radius 1 is 1.24 bits per heavy atom. The molecule has 0 heterocycles. The van der Waals surface area contributed by atoms with Crippen LogP contribution in [0, 0.1) is 23.0 Å². The molecule has 0 aliphatic rings. The molecule has 0 fully saturated rings. The number of rotatable bonds is 4. The van der Waals surface area contributed by atoms with Crippen LogP contribution in [0.5, 0.6) is 5.75 Å². The third-order valence-corrected chi connectivity index (χ3v) is 3.01. The van der Waals surface area contributed by atoms with E-state index in [0.29, 0.717) is 0 Å². The van der Waals surface area contributed by atoms with Crippen molar-refractivity contribution in [2.75, 3.05) is 7.11 Å². The first-order valence-corrected chi connectivity index (χ1v) is 6.10. The van der Waals surface area contributed by atoms with E-state index in [9.17, 15) is 18.8 Å². The second-order valence-corrected chi connectivity index (χ2v) is 4.30. The average molecular weight is 287 g/mol. The molecule has 2 aromatic carbocycles. The summed E-state index contributed by atoms with van der Waals surface area (Å²) < 4.78 is 32.1. The van der Waals surface area contributed by atoms with Crippen LogP contribution < -0.4 is 4.74 Å². The number of ether oxygens (including phenoxy) is 1. The molecule has 0 N–H and O–H groups in total. The monoisotopic (exact) mass is 287 g/mol. The number of nitrogens with zero attached hydrogens (tertiary/aromatic N) is 1. The van der Waals surface area contributed by atoms with Gasteiger partial charge in [0.25, 0.3) is 0 Å². The third kappa shape index (κ3) is 2.90. The second kappa shape index (κ2) is 6.14. The molecule has 5 heteroatoms. The van der Waals surface area contributed by atoms with Crippen LogP contribution in [-0.2, 0) is 0 Å². The predicted molar refractivity (Wildman–Crippen MR) is 72.0 cm³/mol. The fourth-order valence-corrected chi connectivity index (χ4v) is 2.03. The minimum absolute atomic E-state index is 0.0386. The van der Waals surface area contributed by atoms with E-state index >= 15 is 0 Å². The molecular formula is C16H11F2NO2. The van der Waals surface area contributed by atoms with E-state index in [1.165, 1.54) is 37.4 Å². The van der Waals surface area contributed by atoms with Gasteiger partial charge >= 0.3 is 0 Å². The van der Waals surface area contributed by atoms with E-state index in [1.54, 1.807) is 6.07 Å². The van der Waals surface area contributed by atoms with Crippen LogP contribution in [0.15, 0.2) is 42.5 Å². The first-order chi connectivity index (χ1) is 10.1. The van der Waals surface area contributed by atoms with Gasteiger partial charge in [0, 0.05) is 0 Å². The number of ketones is 1. The lowest BCUT2D eigenvalue weighted by molar-refractivity contribution is 0.0971. The third-order valence-electron chi connectivity index (χ3n) is 3.01. The number of Topliss-reactive ketones (excluding diaryl/α,β-unsaturated/α-hetero) is 1. The highest BCUT2D eigenvalue weighted by atomic mass is 19.1. The van der Waals surface area contributed by atoms with Gasteiger partial charge in [-0.1, -0.05) is 18.2 Å². The summed E-state index contributed by atoms with van der Waals surface area (Å²) in [5, 5.41) is 9.20. The first-order valence-electron chi connectivity index (χ1n) is 6.10. The lowest BCUT2D eigenvalue weighted by atomic mass is 9.91. The molecule has 3 nitrogen and oxygen atoms in total. The molecule has 2 rings (SSSR count). The molecule has 1 unspecified atom stereocenters. The van der Waals surface area contributed by atoms with Crippen molar-refractivity contribution in [3.8, 4) is 11.8 Å². The number of halogens is 2. The Morgan fingerprint density at radius 3 is 2.57 bits per heavy atom. The van der Waals surface area contributed by atoms with Crippen molar-refractivity contribution in [3.63, 3.8) is 0 Å². The summed E-state index contributed by atoms with van der Waals surface area (Å²) in [6.07, 6.45) is 0. The zero-order chi connectivity index (χ0) is 15.4. The lowest BCUT2D eigenvalue weighted by Gasteiger charge is -2.12. The Balaban J connectivity index is 2.50. The predicted octanol–water partition coefficient (Wildman–Crippen LogP) is 3.46. The van der Waals surface area contributed by atoms with Gasteiger partial charge in [0.2, 0.25) is 0 Å². The molecular weight excluding hydrogens is 276 g/mol. The summed E-state index contributed by atoms with van der Waals surface area (Å²) in [4.78, 5) is 12.4. The van der Waals surface area contributed by atoms with Gasteiger partial charge in [-0.2, -0.15) is 5.26 Å². The van der Waals surface area contributed by atoms with E-state index in [-0.39, 0.29) is 16.9 Å². The average Bonchev–Trinajstić information content (AvgIpc) is 2.47. The maximum absolute atomic E-state index is 13.9. The Labute approximate surface area is 120 Å². The number of methoxy groups -OCH3 is 1. The number of hydrogen-bond acceptors (Lipinski definition) is 3. The Kier molecular flexibility index (Phi) is 4.29. The van der Waals surface area contributed by atoms with Crippen LogP contribution in [0.3, 0.4) is 0 Å². The van der Waals surface area contributed by atoms with Crippen LogP contribution >= 0.6 is 0 Å². The molecule has 0 saturated heterocycles. The molecule has 21 heavy (non-hydrogen) atoms. The van der Waals surface area contributed by atoms with Gasteiger partial charge < -0.3 is 4.74 Å². The van der Waals surface area contributed by atoms with Crippen LogP contribution in [0.2, 0.25) is 0 Å². The molecule has 0 amide bonds. The lowest BCUT2D eigenvalue weighted by Crippen LogP contribution is -2.14. The number of carbonyl (C=O) groups is 1. The minimum atomic E-state index is -1.30. The summed E-state index contributed by atoms with van der Waals surface area (Å²) in [5.74, 6) is -3.38. The molecule has 0 aliphatic heterocycles. The Hall–Kier alpha value is -2.74. The number of carbonyl (C=O) groups excluding carboxylic acids is 1. The molecule has 0 aromatic heterocycles. The fraction of sp³-hybridized carbons (Fsp3) is 0.125. The Bertz CT molecular complexity index is 722. The quantitative estimate of drug-likeness (QED) is 0.809. The number of benzene rings is 2. The van der Waals surface area contributed by atoms with Gasteiger partial charge in [0.1, 0.15) is 23.3 Å². The zero-order valence-electron chi connectivity index (χ0n) is 11.1. The minimum Gasteiger partial charge on any atom is -0.496 e. The van der Waals surface area contributed by atoms with E-state index in [4.69, 9.17) is 4.74 Å². The van der Waals surface area contributed by atoms with Crippen molar-refractivity contribution < 1.29 is 18.3 Å². The van der Waals surface area contributed by atoms with Crippen LogP contribution in [0.4, 0.5) is 8.78 Å². The first kappa shape index (κ1) is 14.7. The van der Waals surface area contributed by atoms with Crippen molar-refractivity contribution in [1.29, 1.82) is 5.26 Å². The van der Waals surface area contributed by atoms with Gasteiger partial charge in [-0.05, 0) is 29.8 Å². The van der Waals surface area contributed by atoms with Gasteiger partial charge in [-0.25, -0.2) is 8.78 Å². The second-order valence-electron chi connectivity index (χ2n) is 4.30. The van der Waals surface area contributed by atoms with Gasteiger partial charge in [0.05, 0.1) is 18.7 Å². The fourth-order valence-electron chi connectivity index (χ4n) is 2.03. The van der Waals surface area contributed by atoms with Crippen molar-refractivity contribution in [2.24, 2.45) is 0 Å². The summed E-state index contributed by atoms with van der Waals surface area (Å²) >= 11 is 0. The molecule has 0 radical (unpaired) electrons. The van der Waals surface area contributed by atoms with E-state index in [0.717, 1.165) is 12.1 Å². The summed E-state index contributed by atoms with van der Waals surface area (Å²) in [6.45, 7) is 0. The van der Waals surface area contributed by atoms with Crippen LogP contribution in [0.25, 0.3) is 0 Å². The topological polar surface area (TPSA) is 50.1 Å². The van der Waals surface area contributed by atoms with E-state index < -0.39 is 23.3 Å². The van der Waals surface area contributed by atoms with Crippen molar-refractivity contribution in [3.05, 3.63) is 65.2 Å². The van der Waals surface area contributed by atoms with Crippen LogP contribution in [-0.4, -0.2) is 12.9 Å². The highest BCUT2D eigenvalue weighted by molar-refractivity contribution is 6.05. The SMILES string of the molecule is COc1cccc(F)c1C(=O)C(C#N)c1cccc(F)c1. The summed E-state index contributed by atoms with van der Waals surface area (Å²) in [6, 6.07) is 10.8. The zero-order valence-corrected chi connectivity index (χ0v) is 11.1. The van der Waals surface area contributed by atoms with Gasteiger partial charge in [-0.3, -0.25) is 4.79 Å². The van der Waals surface area contributed by atoms with E-state index in [2.05, 4.69) is 0 Å². The number of nitriles is 1. The number of hydrogen-bond donors (Lipinski definition) is 0. The Morgan fingerprint density at radius 2 is 1.95 bits per heavy atom. The molecule has 0 spiro atoms. The highest BCUT2D eigenvalue weighted by Crippen LogP contribution is 2.28. The van der Waals surface area contributed by atoms with Crippen LogP contribution in [0.1, 0.15) is 21.8 Å². The maximum Gasteiger partial charge on any atom is 0.191 e. The molecule has 0 aliphatic carbocycles. The molecule has 106 valence electrons. The standard InChI is InChI=1S/C16H11F2NO2/c1-21-14-7-3-6-13(18)15(14)16(20)12(9-19)10-4-2-5-11(17)8-10/h2-8,12H,1H3. The normalized spacial score (nSPS) is 11.5. The highest BCUT2D eigenvalue weighted by Gasteiger charge is 2.27. The van der Waals surface area contributed by atoms with Crippen molar-refractivity contribution in [1.82, 2.24) is 0 Å². The maximum atomic E-state index is 13.9. The molecule has 0 saturated carbocycles. The smallest absolute Gasteiger partial charge is 0.191 e. The van der Waals surface area contributed by atoms with Crippen molar-refractivity contribution >= 4 is 5.78 Å². The largest absolute Gasteiger partial charge is 0.496 e. The molecule has 0 bridgehead atoms. The summed E-state index contributed by atoms with van der Waals surface area (Å²) in [5.41, 5.74) is -0.136. The van der Waals surface area contributed by atoms with Crippen molar-refractivity contribution in [2.45, 2.75) is 5.92 Å². The summed E-state index contributed by atoms with van der Waals surface area (Å²) in [7, 11) is 1.30. The molecule has 1 atom stereocenters. The van der Waals surface area contributed by atoms with E-state index in [1.807, 2.05) is 0 Å². The van der Waals surface area contributed by atoms with Gasteiger partial charge in [0.15, 0.2) is 5.78 Å².